The Morgan fingerprint density at radius 1 is 1.19 bits per heavy atom. The van der Waals surface area contributed by atoms with Crippen LogP contribution in [0.2, 0.25) is 0 Å². The first-order valence-electron chi connectivity index (χ1n) is 10.8. The number of nitrogens with zero attached hydrogens (tertiary/aromatic N) is 1. The minimum Gasteiger partial charge on any atom is -0.376 e. The van der Waals surface area contributed by atoms with Crippen molar-refractivity contribution in [1.82, 2.24) is 15.2 Å². The van der Waals surface area contributed by atoms with Gasteiger partial charge < -0.3 is 19.9 Å². The molecule has 1 saturated heterocycles. The highest BCUT2D eigenvalue weighted by molar-refractivity contribution is 5.83. The normalized spacial score (nSPS) is 15.9. The number of urea groups is 1. The number of hydrogen-bond acceptors (Lipinski definition) is 3. The fourth-order valence-electron chi connectivity index (χ4n) is 4.18. The Bertz CT molecular complexity index is 1120. The first-order chi connectivity index (χ1) is 15.0. The zero-order valence-corrected chi connectivity index (χ0v) is 18.1. The Hall–Kier alpha value is -3.12. The van der Waals surface area contributed by atoms with E-state index in [4.69, 9.17) is 4.74 Å². The van der Waals surface area contributed by atoms with Crippen molar-refractivity contribution in [3.63, 3.8) is 0 Å². The van der Waals surface area contributed by atoms with E-state index >= 15 is 0 Å². The van der Waals surface area contributed by atoms with Crippen LogP contribution in [0.5, 0.6) is 0 Å². The van der Waals surface area contributed by atoms with Gasteiger partial charge in [0.1, 0.15) is 0 Å². The Balaban J connectivity index is 1.57. The number of aromatic amines is 1. The lowest BCUT2D eigenvalue weighted by molar-refractivity contribution is 0.0793. The molecule has 2 amide bonds. The quantitative estimate of drug-likeness (QED) is 0.633. The first kappa shape index (κ1) is 21.1. The molecule has 1 aliphatic heterocycles. The molecule has 6 nitrogen and oxygen atoms in total. The van der Waals surface area contributed by atoms with Gasteiger partial charge in [0, 0.05) is 36.2 Å². The second-order valence-electron chi connectivity index (χ2n) is 8.33. The van der Waals surface area contributed by atoms with Gasteiger partial charge in [0.2, 0.25) is 0 Å². The molecule has 4 rings (SSSR count). The summed E-state index contributed by atoms with van der Waals surface area (Å²) in [4.78, 5) is 30.5. The summed E-state index contributed by atoms with van der Waals surface area (Å²) in [6.45, 7) is 5.91. The molecule has 1 fully saturated rings. The summed E-state index contributed by atoms with van der Waals surface area (Å²) in [6.07, 6.45) is 1.93. The smallest absolute Gasteiger partial charge is 0.318 e. The van der Waals surface area contributed by atoms with Crippen molar-refractivity contribution in [3.8, 4) is 0 Å². The lowest BCUT2D eigenvalue weighted by atomic mass is 10.0. The summed E-state index contributed by atoms with van der Waals surface area (Å²) in [5, 5.41) is 3.99. The predicted octanol–water partition coefficient (Wildman–Crippen LogP) is 4.04. The molecule has 0 unspecified atom stereocenters. The fraction of sp³-hybridized carbons (Fsp3) is 0.360. The summed E-state index contributed by atoms with van der Waals surface area (Å²) < 4.78 is 5.76. The van der Waals surface area contributed by atoms with Crippen LogP contribution >= 0.6 is 0 Å². The van der Waals surface area contributed by atoms with Crippen LogP contribution in [0, 0.1) is 13.8 Å². The van der Waals surface area contributed by atoms with Crippen molar-refractivity contribution in [1.29, 1.82) is 0 Å². The van der Waals surface area contributed by atoms with Crippen LogP contribution in [0.4, 0.5) is 4.79 Å². The van der Waals surface area contributed by atoms with Gasteiger partial charge in [0.15, 0.2) is 0 Å². The molecule has 3 aromatic rings. The number of benzene rings is 2. The van der Waals surface area contributed by atoms with Crippen LogP contribution in [0.1, 0.15) is 35.1 Å². The molecule has 2 N–H and O–H groups in total. The summed E-state index contributed by atoms with van der Waals surface area (Å²) in [5.74, 6) is 0. The number of carbonyl (C=O) groups is 1. The fourth-order valence-corrected chi connectivity index (χ4v) is 4.18. The summed E-state index contributed by atoms with van der Waals surface area (Å²) in [7, 11) is 0. The van der Waals surface area contributed by atoms with Gasteiger partial charge in [-0.25, -0.2) is 4.79 Å². The van der Waals surface area contributed by atoms with Crippen molar-refractivity contribution >= 4 is 16.9 Å². The molecule has 0 bridgehead atoms. The molecule has 31 heavy (non-hydrogen) atoms. The third-order valence-electron chi connectivity index (χ3n) is 5.77. The highest BCUT2D eigenvalue weighted by atomic mass is 16.5. The van der Waals surface area contributed by atoms with Crippen molar-refractivity contribution in [3.05, 3.63) is 81.1 Å². The number of pyridine rings is 1. The van der Waals surface area contributed by atoms with Gasteiger partial charge in [-0.15, -0.1) is 0 Å². The second kappa shape index (κ2) is 9.35. The number of fused-ring (bicyclic) bond motifs is 1. The predicted molar refractivity (Wildman–Crippen MR) is 122 cm³/mol. The van der Waals surface area contributed by atoms with E-state index < -0.39 is 0 Å². The summed E-state index contributed by atoms with van der Waals surface area (Å²) in [5.41, 5.74) is 4.48. The first-order valence-corrected chi connectivity index (χ1v) is 10.8. The lowest BCUT2D eigenvalue weighted by Crippen LogP contribution is -2.43. The van der Waals surface area contributed by atoms with E-state index in [0.29, 0.717) is 18.7 Å². The zero-order chi connectivity index (χ0) is 21.8. The molecule has 6 heteroatoms. The maximum Gasteiger partial charge on any atom is 0.318 e. The van der Waals surface area contributed by atoms with Crippen molar-refractivity contribution in [2.75, 3.05) is 13.2 Å². The highest BCUT2D eigenvalue weighted by Crippen LogP contribution is 2.20. The van der Waals surface area contributed by atoms with Crippen molar-refractivity contribution in [2.24, 2.45) is 0 Å². The highest BCUT2D eigenvalue weighted by Gasteiger charge is 2.23. The van der Waals surface area contributed by atoms with Crippen LogP contribution < -0.4 is 10.9 Å². The van der Waals surface area contributed by atoms with Crippen molar-refractivity contribution in [2.45, 2.75) is 45.9 Å². The molecule has 2 heterocycles. The average molecular weight is 420 g/mol. The molecule has 0 radical (unpaired) electrons. The molecule has 1 aromatic heterocycles. The Kier molecular flexibility index (Phi) is 6.37. The monoisotopic (exact) mass is 419 g/mol. The molecule has 0 aliphatic carbocycles. The Morgan fingerprint density at radius 2 is 2.00 bits per heavy atom. The summed E-state index contributed by atoms with van der Waals surface area (Å²) >= 11 is 0. The lowest BCUT2D eigenvalue weighted by Gasteiger charge is -2.26. The number of H-pyrrole nitrogens is 1. The minimum atomic E-state index is -0.195. The van der Waals surface area contributed by atoms with Crippen LogP contribution in [-0.2, 0) is 17.8 Å². The third-order valence-corrected chi connectivity index (χ3v) is 5.77. The molecular formula is C25H29N3O3. The maximum absolute atomic E-state index is 13.0. The van der Waals surface area contributed by atoms with Crippen LogP contribution in [0.3, 0.4) is 0 Å². The number of amides is 2. The minimum absolute atomic E-state index is 0.00593. The molecule has 0 spiro atoms. The Morgan fingerprint density at radius 3 is 2.74 bits per heavy atom. The largest absolute Gasteiger partial charge is 0.376 e. The number of rotatable bonds is 6. The van der Waals surface area contributed by atoms with E-state index in [1.807, 2.05) is 56.3 Å². The standard InChI is InChI=1S/C25H29N3O3/c1-17-11-18(2)22-13-20(24(29)27-23(22)12-17)15-28(16-21-9-6-10-31-21)25(30)26-14-19-7-4-3-5-8-19/h3-5,7-8,11-13,21H,6,9-10,14-16H2,1-2H3,(H,26,30)(H,27,29)/t21-/m1/s1. The van der Waals surface area contributed by atoms with Gasteiger partial charge in [0.05, 0.1) is 12.6 Å². The van der Waals surface area contributed by atoms with Gasteiger partial charge in [-0.2, -0.15) is 0 Å². The van der Waals surface area contributed by atoms with E-state index in [-0.39, 0.29) is 24.2 Å². The molecule has 162 valence electrons. The third kappa shape index (κ3) is 5.14. The molecule has 1 atom stereocenters. The van der Waals surface area contributed by atoms with Gasteiger partial charge in [-0.3, -0.25) is 4.79 Å². The van der Waals surface area contributed by atoms with E-state index in [1.165, 1.54) is 0 Å². The van der Waals surface area contributed by atoms with Crippen LogP contribution in [-0.4, -0.2) is 35.2 Å². The van der Waals surface area contributed by atoms with Crippen molar-refractivity contribution < 1.29 is 9.53 Å². The topological polar surface area (TPSA) is 74.4 Å². The van der Waals surface area contributed by atoms with E-state index in [2.05, 4.69) is 16.4 Å². The van der Waals surface area contributed by atoms with Gasteiger partial charge >= 0.3 is 6.03 Å². The summed E-state index contributed by atoms with van der Waals surface area (Å²) in [6, 6.07) is 15.6. The number of aryl methyl sites for hydroxylation is 2. The molecular weight excluding hydrogens is 390 g/mol. The van der Waals surface area contributed by atoms with Gasteiger partial charge in [0.25, 0.3) is 5.56 Å². The molecule has 1 aliphatic rings. The number of carbonyl (C=O) groups excluding carboxylic acids is 1. The van der Waals surface area contributed by atoms with E-state index in [0.717, 1.165) is 47.0 Å². The number of aromatic nitrogens is 1. The number of nitrogens with one attached hydrogen (secondary N) is 2. The number of ether oxygens (including phenoxy) is 1. The van der Waals surface area contributed by atoms with Crippen LogP contribution in [0.25, 0.3) is 10.9 Å². The van der Waals surface area contributed by atoms with Gasteiger partial charge in [-0.1, -0.05) is 36.4 Å². The average Bonchev–Trinajstić information content (AvgIpc) is 3.26. The Labute approximate surface area is 182 Å². The SMILES string of the molecule is Cc1cc(C)c2cc(CN(C[C@H]3CCCO3)C(=O)NCc3ccccc3)c(=O)[nH]c2c1. The number of hydrogen-bond donors (Lipinski definition) is 2. The van der Waals surface area contributed by atoms with Crippen LogP contribution in [0.15, 0.2) is 53.3 Å². The maximum atomic E-state index is 13.0. The zero-order valence-electron chi connectivity index (χ0n) is 18.1. The van der Waals surface area contributed by atoms with E-state index in [9.17, 15) is 9.59 Å². The van der Waals surface area contributed by atoms with E-state index in [1.54, 1.807) is 4.90 Å². The molecule has 0 saturated carbocycles. The second-order valence-corrected chi connectivity index (χ2v) is 8.33. The molecule has 2 aromatic carbocycles. The van der Waals surface area contributed by atoms with Gasteiger partial charge in [-0.05, 0) is 55.5 Å².